The molecule has 2 N–H and O–H groups in total. The molecule has 3 rings (SSSR count). The number of nitrogens with one attached hydrogen (secondary N) is 1. The van der Waals surface area contributed by atoms with E-state index in [1.807, 2.05) is 0 Å². The minimum absolute atomic E-state index is 0.223. The van der Waals surface area contributed by atoms with Crippen LogP contribution >= 0.6 is 0 Å². The lowest BCUT2D eigenvalue weighted by molar-refractivity contribution is -0.137. The summed E-state index contributed by atoms with van der Waals surface area (Å²) in [5, 5.41) is 21.1. The van der Waals surface area contributed by atoms with Crippen LogP contribution in [0.25, 0.3) is 11.3 Å². The first kappa shape index (κ1) is 17.6. The van der Waals surface area contributed by atoms with E-state index in [-0.39, 0.29) is 11.1 Å². The van der Waals surface area contributed by atoms with Gasteiger partial charge in [-0.15, -0.1) is 0 Å². The number of rotatable bonds is 4. The molecule has 0 saturated carbocycles. The Balaban J connectivity index is 1.80. The van der Waals surface area contributed by atoms with E-state index in [1.54, 1.807) is 24.4 Å². The maximum atomic E-state index is 12.8. The second-order valence-corrected chi connectivity index (χ2v) is 5.54. The SMILES string of the molecule is Cc1cc(C(F)(F)F)cc(O)c1-c1ccc(CNc2ccncn2)nn1. The molecule has 0 aliphatic carbocycles. The van der Waals surface area contributed by atoms with Gasteiger partial charge in [0.2, 0.25) is 0 Å². The fourth-order valence-electron chi connectivity index (χ4n) is 2.43. The molecule has 0 unspecified atom stereocenters. The molecule has 6 nitrogen and oxygen atoms in total. The summed E-state index contributed by atoms with van der Waals surface area (Å²) < 4.78 is 38.4. The first-order valence-electron chi connectivity index (χ1n) is 7.58. The molecule has 0 fully saturated rings. The van der Waals surface area contributed by atoms with Crippen LogP contribution in [0.3, 0.4) is 0 Å². The minimum atomic E-state index is -4.52. The van der Waals surface area contributed by atoms with E-state index >= 15 is 0 Å². The predicted molar refractivity (Wildman–Crippen MR) is 88.2 cm³/mol. The van der Waals surface area contributed by atoms with Crippen LogP contribution in [0, 0.1) is 6.92 Å². The van der Waals surface area contributed by atoms with Crippen molar-refractivity contribution in [1.82, 2.24) is 20.2 Å². The Bertz CT molecular complexity index is 876. The smallest absolute Gasteiger partial charge is 0.416 e. The summed E-state index contributed by atoms with van der Waals surface area (Å²) in [5.41, 5.74) is 0.477. The van der Waals surface area contributed by atoms with Crippen LogP contribution in [0.2, 0.25) is 0 Å². The van der Waals surface area contributed by atoms with E-state index < -0.39 is 17.5 Å². The highest BCUT2D eigenvalue weighted by Gasteiger charge is 2.32. The largest absolute Gasteiger partial charge is 0.507 e. The molecule has 3 aromatic rings. The number of aromatic nitrogens is 4. The van der Waals surface area contributed by atoms with Gasteiger partial charge in [0.1, 0.15) is 17.9 Å². The van der Waals surface area contributed by atoms with Gasteiger partial charge in [-0.25, -0.2) is 9.97 Å². The van der Waals surface area contributed by atoms with Crippen LogP contribution in [0.15, 0.2) is 42.9 Å². The van der Waals surface area contributed by atoms with E-state index in [0.29, 0.717) is 29.8 Å². The molecule has 0 spiro atoms. The first-order chi connectivity index (χ1) is 12.3. The van der Waals surface area contributed by atoms with Crippen molar-refractivity contribution in [2.24, 2.45) is 0 Å². The van der Waals surface area contributed by atoms with Gasteiger partial charge in [-0.05, 0) is 42.8 Å². The second-order valence-electron chi connectivity index (χ2n) is 5.54. The fourth-order valence-corrected chi connectivity index (χ4v) is 2.43. The molecule has 2 heterocycles. The van der Waals surface area contributed by atoms with Gasteiger partial charge in [-0.3, -0.25) is 0 Å². The third-order valence-corrected chi connectivity index (χ3v) is 3.65. The van der Waals surface area contributed by atoms with Crippen molar-refractivity contribution in [2.45, 2.75) is 19.6 Å². The monoisotopic (exact) mass is 361 g/mol. The average Bonchev–Trinajstić information content (AvgIpc) is 2.60. The summed E-state index contributed by atoms with van der Waals surface area (Å²) in [6, 6.07) is 6.63. The molecule has 134 valence electrons. The van der Waals surface area contributed by atoms with Crippen molar-refractivity contribution < 1.29 is 18.3 Å². The summed E-state index contributed by atoms with van der Waals surface area (Å²) in [6.07, 6.45) is -1.52. The highest BCUT2D eigenvalue weighted by molar-refractivity contribution is 5.71. The van der Waals surface area contributed by atoms with Crippen molar-refractivity contribution in [2.75, 3.05) is 5.32 Å². The lowest BCUT2D eigenvalue weighted by atomic mass is 10.0. The summed E-state index contributed by atoms with van der Waals surface area (Å²) in [7, 11) is 0. The van der Waals surface area contributed by atoms with Crippen LogP contribution in [-0.2, 0) is 12.7 Å². The van der Waals surface area contributed by atoms with Crippen molar-refractivity contribution in [3.8, 4) is 17.0 Å². The van der Waals surface area contributed by atoms with Crippen molar-refractivity contribution in [3.63, 3.8) is 0 Å². The molecule has 26 heavy (non-hydrogen) atoms. The van der Waals surface area contributed by atoms with Crippen LogP contribution in [-0.4, -0.2) is 25.3 Å². The van der Waals surface area contributed by atoms with E-state index in [4.69, 9.17) is 0 Å². The third-order valence-electron chi connectivity index (χ3n) is 3.65. The van der Waals surface area contributed by atoms with Crippen LogP contribution in [0.1, 0.15) is 16.8 Å². The van der Waals surface area contributed by atoms with Gasteiger partial charge in [0.15, 0.2) is 0 Å². The highest BCUT2D eigenvalue weighted by Crippen LogP contribution is 2.38. The number of aromatic hydroxyl groups is 1. The third kappa shape index (κ3) is 3.88. The van der Waals surface area contributed by atoms with Gasteiger partial charge in [0, 0.05) is 11.8 Å². The summed E-state index contributed by atoms with van der Waals surface area (Å²) in [6.45, 7) is 1.85. The number of anilines is 1. The van der Waals surface area contributed by atoms with Crippen molar-refractivity contribution >= 4 is 5.82 Å². The van der Waals surface area contributed by atoms with Crippen LogP contribution in [0.5, 0.6) is 5.75 Å². The number of halogens is 3. The molecule has 0 aliphatic heterocycles. The molecule has 0 radical (unpaired) electrons. The number of aryl methyl sites for hydroxylation is 1. The number of phenols is 1. The lowest BCUT2D eigenvalue weighted by Gasteiger charge is -2.13. The topological polar surface area (TPSA) is 83.8 Å². The number of hydrogen-bond donors (Lipinski definition) is 2. The zero-order chi connectivity index (χ0) is 18.7. The fraction of sp³-hybridized carbons (Fsp3) is 0.176. The van der Waals surface area contributed by atoms with E-state index in [1.165, 1.54) is 13.3 Å². The normalized spacial score (nSPS) is 11.4. The van der Waals surface area contributed by atoms with Crippen molar-refractivity contribution in [1.29, 1.82) is 0 Å². The number of phenolic OH excluding ortho intramolecular Hbond substituents is 1. The van der Waals surface area contributed by atoms with Gasteiger partial charge >= 0.3 is 6.18 Å². The van der Waals surface area contributed by atoms with Gasteiger partial charge in [0.25, 0.3) is 0 Å². The highest BCUT2D eigenvalue weighted by atomic mass is 19.4. The molecule has 0 atom stereocenters. The zero-order valence-electron chi connectivity index (χ0n) is 13.6. The first-order valence-corrected chi connectivity index (χ1v) is 7.58. The van der Waals surface area contributed by atoms with Gasteiger partial charge in [0.05, 0.1) is 23.5 Å². The maximum absolute atomic E-state index is 12.8. The standard InChI is InChI=1S/C17H14F3N5O/c1-10-6-11(17(18,19)20)7-14(26)16(10)13-3-2-12(24-25-13)8-22-15-4-5-21-9-23-15/h2-7,9,26H,8H2,1H3,(H,21,22,23). The summed E-state index contributed by atoms with van der Waals surface area (Å²) in [4.78, 5) is 7.82. The predicted octanol–water partition coefficient (Wildman–Crippen LogP) is 3.58. The van der Waals surface area contributed by atoms with Crippen LogP contribution < -0.4 is 5.32 Å². The van der Waals surface area contributed by atoms with Gasteiger partial charge in [-0.1, -0.05) is 0 Å². The Morgan fingerprint density at radius 3 is 2.50 bits per heavy atom. The minimum Gasteiger partial charge on any atom is -0.507 e. The Hall–Kier alpha value is -3.23. The lowest BCUT2D eigenvalue weighted by Crippen LogP contribution is -2.06. The number of nitrogens with zero attached hydrogens (tertiary/aromatic N) is 4. The molecule has 1 aromatic carbocycles. The molecule has 0 saturated heterocycles. The average molecular weight is 361 g/mol. The van der Waals surface area contributed by atoms with Crippen molar-refractivity contribution in [3.05, 3.63) is 59.7 Å². The van der Waals surface area contributed by atoms with Crippen LogP contribution in [0.4, 0.5) is 19.0 Å². The Kier molecular flexibility index (Phi) is 4.70. The maximum Gasteiger partial charge on any atom is 0.416 e. The number of alkyl halides is 3. The molecule has 2 aromatic heterocycles. The summed E-state index contributed by atoms with van der Waals surface area (Å²) >= 11 is 0. The quantitative estimate of drug-likeness (QED) is 0.739. The second kappa shape index (κ2) is 6.95. The molecular weight excluding hydrogens is 347 g/mol. The molecule has 0 aliphatic rings. The molecular formula is C17H14F3N5O. The van der Waals surface area contributed by atoms with Gasteiger partial charge in [-0.2, -0.15) is 23.4 Å². The summed E-state index contributed by atoms with van der Waals surface area (Å²) in [5.74, 6) is 0.139. The van der Waals surface area contributed by atoms with E-state index in [9.17, 15) is 18.3 Å². The molecule has 0 amide bonds. The Morgan fingerprint density at radius 2 is 1.92 bits per heavy atom. The molecule has 9 heteroatoms. The van der Waals surface area contributed by atoms with E-state index in [2.05, 4.69) is 25.5 Å². The zero-order valence-corrected chi connectivity index (χ0v) is 13.6. The van der Waals surface area contributed by atoms with Gasteiger partial charge < -0.3 is 10.4 Å². The number of hydrogen-bond acceptors (Lipinski definition) is 6. The number of benzene rings is 1. The Morgan fingerprint density at radius 1 is 1.12 bits per heavy atom. The van der Waals surface area contributed by atoms with E-state index in [0.717, 1.165) is 6.07 Å². The molecule has 0 bridgehead atoms. The Labute approximate surface area is 146 Å².